The van der Waals surface area contributed by atoms with Crippen molar-refractivity contribution in [1.29, 1.82) is 0 Å². The van der Waals surface area contributed by atoms with Crippen LogP contribution in [0.5, 0.6) is 0 Å². The minimum atomic E-state index is -0.769. The molecule has 166 valence electrons. The Bertz CT molecular complexity index is 737. The fraction of sp³-hybridized carbons (Fsp3) is 0.722. The molecule has 2 heterocycles. The topological polar surface area (TPSA) is 151 Å². The van der Waals surface area contributed by atoms with E-state index in [2.05, 4.69) is 31.5 Å². The number of tetrazole rings is 1. The molecule has 0 saturated carbocycles. The summed E-state index contributed by atoms with van der Waals surface area (Å²) in [7, 11) is 0. The van der Waals surface area contributed by atoms with Gasteiger partial charge in [0, 0.05) is 26.1 Å². The van der Waals surface area contributed by atoms with Crippen LogP contribution in [0.15, 0.2) is 6.33 Å². The van der Waals surface area contributed by atoms with Gasteiger partial charge in [0.05, 0.1) is 0 Å². The summed E-state index contributed by atoms with van der Waals surface area (Å²) in [6.07, 6.45) is 2.52. The third-order valence-electron chi connectivity index (χ3n) is 4.80. The van der Waals surface area contributed by atoms with E-state index in [0.29, 0.717) is 32.5 Å². The van der Waals surface area contributed by atoms with Crippen LogP contribution >= 0.6 is 0 Å². The maximum atomic E-state index is 12.6. The van der Waals surface area contributed by atoms with Gasteiger partial charge in [-0.1, -0.05) is 13.8 Å². The molecular formula is C18H30N8O4. The van der Waals surface area contributed by atoms with Gasteiger partial charge < -0.3 is 20.9 Å². The number of hydrogen-bond acceptors (Lipinski definition) is 7. The van der Waals surface area contributed by atoms with Crippen LogP contribution in [0.25, 0.3) is 0 Å². The van der Waals surface area contributed by atoms with Crippen molar-refractivity contribution in [3.63, 3.8) is 0 Å². The lowest BCUT2D eigenvalue weighted by atomic mass is 10.0. The molecule has 3 N–H and O–H groups in total. The van der Waals surface area contributed by atoms with Crippen LogP contribution < -0.4 is 16.0 Å². The number of nitrogens with one attached hydrogen (secondary N) is 3. The maximum absolute atomic E-state index is 12.6. The molecule has 1 aromatic rings. The lowest BCUT2D eigenvalue weighted by molar-refractivity contribution is -0.133. The average molecular weight is 422 g/mol. The number of amides is 4. The quantitative estimate of drug-likeness (QED) is 0.533. The predicted molar refractivity (Wildman–Crippen MR) is 106 cm³/mol. The van der Waals surface area contributed by atoms with E-state index in [1.165, 1.54) is 11.0 Å². The zero-order valence-corrected chi connectivity index (χ0v) is 17.6. The number of carbonyl (C=O) groups is 4. The number of rotatable bonds is 3. The molecule has 0 aliphatic carbocycles. The lowest BCUT2D eigenvalue weighted by Gasteiger charge is -2.24. The molecule has 0 unspecified atom stereocenters. The van der Waals surface area contributed by atoms with Crippen molar-refractivity contribution >= 4 is 23.6 Å². The van der Waals surface area contributed by atoms with Crippen LogP contribution in [0, 0.1) is 5.92 Å². The largest absolute Gasteiger partial charge is 0.354 e. The molecule has 1 saturated heterocycles. The monoisotopic (exact) mass is 422 g/mol. The smallest absolute Gasteiger partial charge is 0.244 e. The number of hydrogen-bond donors (Lipinski definition) is 3. The summed E-state index contributed by atoms with van der Waals surface area (Å²) in [5, 5.41) is 18.9. The van der Waals surface area contributed by atoms with Gasteiger partial charge in [0.15, 0.2) is 0 Å². The second-order valence-corrected chi connectivity index (χ2v) is 7.66. The molecule has 1 aliphatic heterocycles. The highest BCUT2D eigenvalue weighted by Crippen LogP contribution is 2.05. The van der Waals surface area contributed by atoms with E-state index in [4.69, 9.17) is 0 Å². The van der Waals surface area contributed by atoms with Gasteiger partial charge in [-0.3, -0.25) is 19.2 Å². The Labute approximate surface area is 175 Å². The van der Waals surface area contributed by atoms with Gasteiger partial charge in [-0.25, -0.2) is 4.68 Å². The van der Waals surface area contributed by atoms with Gasteiger partial charge in [-0.15, -0.1) is 5.10 Å². The minimum absolute atomic E-state index is 0.00354. The highest BCUT2D eigenvalue weighted by atomic mass is 16.2. The van der Waals surface area contributed by atoms with Gasteiger partial charge in [0.2, 0.25) is 23.6 Å². The van der Waals surface area contributed by atoms with E-state index in [9.17, 15) is 19.2 Å². The van der Waals surface area contributed by atoms with Crippen LogP contribution in [0.3, 0.4) is 0 Å². The van der Waals surface area contributed by atoms with Crippen LogP contribution in [0.2, 0.25) is 0 Å². The number of carbonyl (C=O) groups excluding carboxylic acids is 4. The first-order valence-corrected chi connectivity index (χ1v) is 10.1. The lowest BCUT2D eigenvalue weighted by Crippen LogP contribution is -2.54. The van der Waals surface area contributed by atoms with E-state index in [1.54, 1.807) is 11.8 Å². The van der Waals surface area contributed by atoms with Crippen molar-refractivity contribution in [1.82, 2.24) is 41.1 Å². The fourth-order valence-electron chi connectivity index (χ4n) is 3.07. The van der Waals surface area contributed by atoms with Crippen molar-refractivity contribution in [3.8, 4) is 0 Å². The Balaban J connectivity index is 2.07. The second-order valence-electron chi connectivity index (χ2n) is 7.66. The third kappa shape index (κ3) is 7.08. The molecule has 12 heteroatoms. The van der Waals surface area contributed by atoms with Crippen molar-refractivity contribution in [2.24, 2.45) is 5.92 Å². The molecule has 30 heavy (non-hydrogen) atoms. The average Bonchev–Trinajstić information content (AvgIpc) is 3.19. The van der Waals surface area contributed by atoms with Gasteiger partial charge in [0.1, 0.15) is 25.0 Å². The van der Waals surface area contributed by atoms with Crippen molar-refractivity contribution < 1.29 is 19.2 Å². The molecule has 0 radical (unpaired) electrons. The SMILES string of the molecule is CC(C)[C@H]1NC(=O)[C@@H](C)NC(=O)CCCN(C(=O)Cn2cnnn2)CCCNC1=O. The van der Waals surface area contributed by atoms with E-state index >= 15 is 0 Å². The van der Waals surface area contributed by atoms with Gasteiger partial charge in [0.25, 0.3) is 0 Å². The molecule has 4 amide bonds. The maximum Gasteiger partial charge on any atom is 0.244 e. The van der Waals surface area contributed by atoms with E-state index < -0.39 is 18.0 Å². The molecule has 1 aromatic heterocycles. The van der Waals surface area contributed by atoms with Crippen molar-refractivity contribution in [3.05, 3.63) is 6.33 Å². The van der Waals surface area contributed by atoms with E-state index in [-0.39, 0.29) is 36.6 Å². The fourth-order valence-corrected chi connectivity index (χ4v) is 3.07. The van der Waals surface area contributed by atoms with Crippen LogP contribution in [0.1, 0.15) is 40.0 Å². The van der Waals surface area contributed by atoms with Gasteiger partial charge in [-0.05, 0) is 36.1 Å². The Hall–Kier alpha value is -3.05. The number of aromatic nitrogens is 4. The summed E-state index contributed by atoms with van der Waals surface area (Å²) in [5.74, 6) is -1.29. The second kappa shape index (κ2) is 11.2. The van der Waals surface area contributed by atoms with Crippen LogP contribution in [0.4, 0.5) is 0 Å². The van der Waals surface area contributed by atoms with Crippen LogP contribution in [-0.4, -0.2) is 80.5 Å². The Kier molecular flexibility index (Phi) is 8.69. The summed E-state index contributed by atoms with van der Waals surface area (Å²) in [4.78, 5) is 51.3. The minimum Gasteiger partial charge on any atom is -0.354 e. The van der Waals surface area contributed by atoms with E-state index in [1.807, 2.05) is 13.8 Å². The summed E-state index contributed by atoms with van der Waals surface area (Å²) in [6, 6.07) is -1.48. The summed E-state index contributed by atoms with van der Waals surface area (Å²) in [6.45, 7) is 6.39. The highest BCUT2D eigenvalue weighted by Gasteiger charge is 2.27. The first-order valence-electron chi connectivity index (χ1n) is 10.1. The molecule has 2 atom stereocenters. The van der Waals surface area contributed by atoms with E-state index in [0.717, 1.165) is 0 Å². The Morgan fingerprint density at radius 2 is 1.90 bits per heavy atom. The first kappa shape index (κ1) is 23.2. The number of nitrogens with zero attached hydrogens (tertiary/aromatic N) is 5. The molecule has 1 fully saturated rings. The van der Waals surface area contributed by atoms with Gasteiger partial charge >= 0.3 is 0 Å². The molecular weight excluding hydrogens is 392 g/mol. The molecule has 0 spiro atoms. The first-order chi connectivity index (χ1) is 14.3. The molecule has 0 aromatic carbocycles. The predicted octanol–water partition coefficient (Wildman–Crippen LogP) is -1.55. The van der Waals surface area contributed by atoms with Crippen LogP contribution in [-0.2, 0) is 25.7 Å². The molecule has 0 bridgehead atoms. The van der Waals surface area contributed by atoms with Crippen molar-refractivity contribution in [2.75, 3.05) is 19.6 Å². The van der Waals surface area contributed by atoms with Gasteiger partial charge in [-0.2, -0.15) is 0 Å². The zero-order valence-electron chi connectivity index (χ0n) is 17.6. The Morgan fingerprint density at radius 1 is 1.17 bits per heavy atom. The summed E-state index contributed by atoms with van der Waals surface area (Å²) in [5.41, 5.74) is 0. The van der Waals surface area contributed by atoms with Crippen molar-refractivity contribution in [2.45, 2.75) is 58.7 Å². The molecule has 2 rings (SSSR count). The third-order valence-corrected chi connectivity index (χ3v) is 4.80. The summed E-state index contributed by atoms with van der Waals surface area (Å²) >= 11 is 0. The Morgan fingerprint density at radius 3 is 2.57 bits per heavy atom. The normalized spacial score (nSPS) is 22.5. The standard InChI is InChI=1S/C18H30N8O4/c1-12(2)16-18(30)19-7-5-9-25(15(28)10-26-11-20-23-24-26)8-4-6-14(27)21-13(3)17(29)22-16/h11-13,16H,4-10H2,1-3H3,(H,19,30)(H,21,27)(H,22,29)/t13-,16-/m1/s1. The molecule has 12 nitrogen and oxygen atoms in total. The summed E-state index contributed by atoms with van der Waals surface area (Å²) < 4.78 is 1.33. The highest BCUT2D eigenvalue weighted by molar-refractivity contribution is 5.92. The zero-order chi connectivity index (χ0) is 22.1. The molecule has 1 aliphatic rings.